The Labute approximate surface area is 152 Å². The summed E-state index contributed by atoms with van der Waals surface area (Å²) in [7, 11) is 1.31. The highest BCUT2D eigenvalue weighted by Gasteiger charge is 2.12. The van der Waals surface area contributed by atoms with Crippen molar-refractivity contribution in [2.75, 3.05) is 12.4 Å². The molecule has 0 saturated heterocycles. The number of amides is 1. The van der Waals surface area contributed by atoms with Gasteiger partial charge in [0.2, 0.25) is 5.91 Å². The summed E-state index contributed by atoms with van der Waals surface area (Å²) in [4.78, 5) is 24.2. The molecule has 0 bridgehead atoms. The first-order valence-electron chi connectivity index (χ1n) is 8.24. The van der Waals surface area contributed by atoms with E-state index >= 15 is 0 Å². The monoisotopic (exact) mass is 345 g/mol. The molecule has 1 N–H and O–H groups in total. The van der Waals surface area contributed by atoms with E-state index in [1.807, 2.05) is 37.3 Å². The zero-order chi connectivity index (χ0) is 18.5. The second-order valence-corrected chi connectivity index (χ2v) is 5.92. The molecule has 4 nitrogen and oxygen atoms in total. The molecule has 0 aliphatic heterocycles. The normalized spacial score (nSPS) is 11.2. The lowest BCUT2D eigenvalue weighted by atomic mass is 10.0. The predicted molar refractivity (Wildman–Crippen MR) is 104 cm³/mol. The molecule has 0 unspecified atom stereocenters. The number of hydrogen-bond acceptors (Lipinski definition) is 3. The number of nitrogens with one attached hydrogen (secondary N) is 1. The molecule has 3 rings (SSSR count). The highest BCUT2D eigenvalue weighted by Crippen LogP contribution is 2.21. The Kier molecular flexibility index (Phi) is 5.13. The van der Waals surface area contributed by atoms with Gasteiger partial charge in [-0.25, -0.2) is 4.79 Å². The van der Waals surface area contributed by atoms with E-state index in [9.17, 15) is 9.59 Å². The molecule has 26 heavy (non-hydrogen) atoms. The summed E-state index contributed by atoms with van der Waals surface area (Å²) < 4.78 is 4.74. The largest absolute Gasteiger partial charge is 0.465 e. The summed E-state index contributed by atoms with van der Waals surface area (Å²) in [6.45, 7) is 1.88. The molecule has 0 fully saturated rings. The molecular weight excluding hydrogens is 326 g/mol. The average Bonchev–Trinajstić information content (AvgIpc) is 2.67. The minimum Gasteiger partial charge on any atom is -0.465 e. The summed E-state index contributed by atoms with van der Waals surface area (Å²) in [6, 6.07) is 20.9. The number of fused-ring (bicyclic) bond motifs is 1. The van der Waals surface area contributed by atoms with Crippen LogP contribution in [0.15, 0.2) is 72.8 Å². The summed E-state index contributed by atoms with van der Waals surface area (Å²) >= 11 is 0. The van der Waals surface area contributed by atoms with Gasteiger partial charge in [0, 0.05) is 6.08 Å². The van der Waals surface area contributed by atoms with Crippen LogP contribution >= 0.6 is 0 Å². The van der Waals surface area contributed by atoms with Crippen LogP contribution in [0.1, 0.15) is 22.8 Å². The van der Waals surface area contributed by atoms with Crippen molar-refractivity contribution in [2.24, 2.45) is 0 Å². The first-order chi connectivity index (χ1) is 12.6. The van der Waals surface area contributed by atoms with E-state index in [0.717, 1.165) is 21.9 Å². The Balaban J connectivity index is 1.83. The molecule has 3 aromatic carbocycles. The molecule has 0 atom stereocenters. The molecule has 3 aromatic rings. The van der Waals surface area contributed by atoms with Gasteiger partial charge in [-0.1, -0.05) is 48.5 Å². The van der Waals surface area contributed by atoms with E-state index in [1.165, 1.54) is 13.2 Å². The SMILES string of the molecule is COC(=O)c1ccccc1NC(=O)/C=C(\C)c1ccc2ccccc2c1. The van der Waals surface area contributed by atoms with Crippen molar-refractivity contribution in [1.82, 2.24) is 0 Å². The fraction of sp³-hybridized carbons (Fsp3) is 0.0909. The number of anilines is 1. The number of esters is 1. The Bertz CT molecular complexity index is 1000. The average molecular weight is 345 g/mol. The highest BCUT2D eigenvalue weighted by molar-refractivity contribution is 6.07. The van der Waals surface area contributed by atoms with Crippen molar-refractivity contribution >= 4 is 33.9 Å². The summed E-state index contributed by atoms with van der Waals surface area (Å²) in [5.74, 6) is -0.789. The molecule has 0 spiro atoms. The van der Waals surface area contributed by atoms with Gasteiger partial charge in [-0.3, -0.25) is 4.79 Å². The molecule has 0 aliphatic rings. The van der Waals surface area contributed by atoms with Gasteiger partial charge in [-0.05, 0) is 47.0 Å². The van der Waals surface area contributed by atoms with Crippen molar-refractivity contribution in [3.8, 4) is 0 Å². The Morgan fingerprint density at radius 2 is 1.62 bits per heavy atom. The highest BCUT2D eigenvalue weighted by atomic mass is 16.5. The number of rotatable bonds is 4. The van der Waals surface area contributed by atoms with Crippen LogP contribution in [-0.2, 0) is 9.53 Å². The molecular formula is C22H19NO3. The third-order valence-corrected chi connectivity index (χ3v) is 4.14. The Morgan fingerprint density at radius 1 is 0.923 bits per heavy atom. The maximum atomic E-state index is 12.4. The van der Waals surface area contributed by atoms with Crippen LogP contribution in [0.25, 0.3) is 16.3 Å². The minimum atomic E-state index is -0.490. The second kappa shape index (κ2) is 7.66. The van der Waals surface area contributed by atoms with Crippen LogP contribution in [0.2, 0.25) is 0 Å². The van der Waals surface area contributed by atoms with E-state index in [4.69, 9.17) is 4.74 Å². The fourth-order valence-electron chi connectivity index (χ4n) is 2.76. The first-order valence-corrected chi connectivity index (χ1v) is 8.24. The molecule has 0 aliphatic carbocycles. The number of para-hydroxylation sites is 1. The fourth-order valence-corrected chi connectivity index (χ4v) is 2.76. The number of allylic oxidation sites excluding steroid dienone is 1. The van der Waals surface area contributed by atoms with Crippen molar-refractivity contribution in [1.29, 1.82) is 0 Å². The van der Waals surface area contributed by atoms with E-state index in [2.05, 4.69) is 17.4 Å². The van der Waals surface area contributed by atoms with Crippen LogP contribution < -0.4 is 5.32 Å². The zero-order valence-corrected chi connectivity index (χ0v) is 14.7. The smallest absolute Gasteiger partial charge is 0.339 e. The standard InChI is InChI=1S/C22H19NO3/c1-15(17-12-11-16-7-3-4-8-18(16)14-17)13-21(24)23-20-10-6-5-9-19(20)22(25)26-2/h3-14H,1-2H3,(H,23,24)/b15-13+. The van der Waals surface area contributed by atoms with E-state index < -0.39 is 5.97 Å². The number of hydrogen-bond donors (Lipinski definition) is 1. The van der Waals surface area contributed by atoms with Gasteiger partial charge in [-0.2, -0.15) is 0 Å². The molecule has 4 heteroatoms. The third-order valence-electron chi connectivity index (χ3n) is 4.14. The molecule has 0 saturated carbocycles. The van der Waals surface area contributed by atoms with Crippen LogP contribution in [0.5, 0.6) is 0 Å². The van der Waals surface area contributed by atoms with Crippen LogP contribution in [0.3, 0.4) is 0 Å². The number of methoxy groups -OCH3 is 1. The van der Waals surface area contributed by atoms with Crippen molar-refractivity contribution in [3.63, 3.8) is 0 Å². The second-order valence-electron chi connectivity index (χ2n) is 5.92. The van der Waals surface area contributed by atoms with Gasteiger partial charge in [0.05, 0.1) is 18.4 Å². The molecule has 130 valence electrons. The summed E-state index contributed by atoms with van der Waals surface area (Å²) in [5.41, 5.74) is 2.55. The van der Waals surface area contributed by atoms with Crippen LogP contribution in [-0.4, -0.2) is 19.0 Å². The molecule has 1 amide bonds. The minimum absolute atomic E-state index is 0.299. The van der Waals surface area contributed by atoms with Crippen LogP contribution in [0.4, 0.5) is 5.69 Å². The number of ether oxygens (including phenoxy) is 1. The van der Waals surface area contributed by atoms with E-state index in [-0.39, 0.29) is 5.91 Å². The molecule has 0 radical (unpaired) electrons. The molecule has 0 aromatic heterocycles. The quantitative estimate of drug-likeness (QED) is 0.552. The lowest BCUT2D eigenvalue weighted by molar-refractivity contribution is -0.111. The zero-order valence-electron chi connectivity index (χ0n) is 14.7. The van der Waals surface area contributed by atoms with Gasteiger partial charge < -0.3 is 10.1 Å². The lowest BCUT2D eigenvalue weighted by Gasteiger charge is -2.09. The van der Waals surface area contributed by atoms with Gasteiger partial charge >= 0.3 is 5.97 Å². The number of carbonyl (C=O) groups excluding carboxylic acids is 2. The number of carbonyl (C=O) groups is 2. The Hall–Kier alpha value is -3.40. The van der Waals surface area contributed by atoms with Gasteiger partial charge in [-0.15, -0.1) is 0 Å². The van der Waals surface area contributed by atoms with Crippen molar-refractivity contribution in [2.45, 2.75) is 6.92 Å². The van der Waals surface area contributed by atoms with Crippen LogP contribution in [0, 0.1) is 0 Å². The first kappa shape index (κ1) is 17.4. The van der Waals surface area contributed by atoms with Crippen molar-refractivity contribution < 1.29 is 14.3 Å². The summed E-state index contributed by atoms with van der Waals surface area (Å²) in [6.07, 6.45) is 1.53. The third kappa shape index (κ3) is 3.81. The summed E-state index contributed by atoms with van der Waals surface area (Å²) in [5, 5.41) is 5.02. The number of benzene rings is 3. The maximum absolute atomic E-state index is 12.4. The van der Waals surface area contributed by atoms with E-state index in [0.29, 0.717) is 11.3 Å². The molecule has 0 heterocycles. The van der Waals surface area contributed by atoms with Gasteiger partial charge in [0.1, 0.15) is 0 Å². The van der Waals surface area contributed by atoms with E-state index in [1.54, 1.807) is 24.3 Å². The maximum Gasteiger partial charge on any atom is 0.339 e. The van der Waals surface area contributed by atoms with Gasteiger partial charge in [0.25, 0.3) is 0 Å². The topological polar surface area (TPSA) is 55.4 Å². The van der Waals surface area contributed by atoms with Gasteiger partial charge in [0.15, 0.2) is 0 Å². The Morgan fingerprint density at radius 3 is 2.38 bits per heavy atom. The lowest BCUT2D eigenvalue weighted by Crippen LogP contribution is -2.13. The van der Waals surface area contributed by atoms with Crippen molar-refractivity contribution in [3.05, 3.63) is 83.9 Å². The predicted octanol–water partition coefficient (Wildman–Crippen LogP) is 4.67.